The van der Waals surface area contributed by atoms with Crippen LogP contribution < -0.4 is 5.32 Å². The van der Waals surface area contributed by atoms with E-state index in [9.17, 15) is 9.59 Å². The molecule has 0 saturated carbocycles. The molecule has 1 atom stereocenters. The number of amides is 2. The van der Waals surface area contributed by atoms with Gasteiger partial charge < -0.3 is 19.9 Å². The molecule has 0 radical (unpaired) electrons. The van der Waals surface area contributed by atoms with Gasteiger partial charge in [-0.15, -0.1) is 12.4 Å². The van der Waals surface area contributed by atoms with E-state index >= 15 is 0 Å². The van der Waals surface area contributed by atoms with Gasteiger partial charge in [0, 0.05) is 27.7 Å². The normalized spacial score (nSPS) is 21.3. The van der Waals surface area contributed by atoms with Gasteiger partial charge in [-0.25, -0.2) is 0 Å². The monoisotopic (exact) mass is 321 g/mol. The minimum Gasteiger partial charge on any atom is -0.383 e. The van der Waals surface area contributed by atoms with E-state index in [1.165, 1.54) is 4.90 Å². The average molecular weight is 322 g/mol. The smallest absolute Gasteiger partial charge is 0.243 e. The molecule has 0 bridgehead atoms. The van der Waals surface area contributed by atoms with Gasteiger partial charge in [-0.3, -0.25) is 9.59 Å². The number of rotatable bonds is 6. The number of carbonyl (C=O) groups is 2. The Kier molecular flexibility index (Phi) is 8.85. The van der Waals surface area contributed by atoms with E-state index in [1.54, 1.807) is 26.1 Å². The highest BCUT2D eigenvalue weighted by atomic mass is 35.5. The first-order valence-electron chi connectivity index (χ1n) is 7.14. The number of ether oxygens (including phenoxy) is 1. The van der Waals surface area contributed by atoms with Crippen molar-refractivity contribution in [2.75, 3.05) is 47.4 Å². The molecule has 1 heterocycles. The summed E-state index contributed by atoms with van der Waals surface area (Å²) in [4.78, 5) is 27.7. The Morgan fingerprint density at radius 1 is 1.29 bits per heavy atom. The number of hydrogen-bond acceptors (Lipinski definition) is 4. The van der Waals surface area contributed by atoms with Crippen LogP contribution in [0.15, 0.2) is 0 Å². The van der Waals surface area contributed by atoms with Crippen LogP contribution in [0.1, 0.15) is 26.2 Å². The summed E-state index contributed by atoms with van der Waals surface area (Å²) in [5, 5.41) is 3.30. The highest BCUT2D eigenvalue weighted by molar-refractivity contribution is 5.90. The highest BCUT2D eigenvalue weighted by Crippen LogP contribution is 2.21. The van der Waals surface area contributed by atoms with Crippen molar-refractivity contribution in [1.29, 1.82) is 0 Å². The standard InChI is InChI=1S/C14H27N3O3.ClH/c1-14(7-5-6-8-15-14)13(19)17(9-10-20-4)11-12(18)16(2)3;/h15H,5-11H2,1-4H3;1H. The van der Waals surface area contributed by atoms with Gasteiger partial charge in [0.2, 0.25) is 11.8 Å². The average Bonchev–Trinajstić information content (AvgIpc) is 2.43. The molecule has 124 valence electrons. The van der Waals surface area contributed by atoms with E-state index in [0.717, 1.165) is 25.8 Å². The number of hydrogen-bond donors (Lipinski definition) is 1. The Hall–Kier alpha value is -0.850. The predicted octanol–water partition coefficient (Wildman–Crippen LogP) is 0.504. The Morgan fingerprint density at radius 2 is 1.95 bits per heavy atom. The molecular formula is C14H28ClN3O3. The van der Waals surface area contributed by atoms with E-state index < -0.39 is 5.54 Å². The van der Waals surface area contributed by atoms with Crippen molar-refractivity contribution >= 4 is 24.2 Å². The molecule has 0 spiro atoms. The second-order valence-corrected chi connectivity index (χ2v) is 5.72. The second-order valence-electron chi connectivity index (χ2n) is 5.72. The molecule has 0 aromatic heterocycles. The summed E-state index contributed by atoms with van der Waals surface area (Å²) >= 11 is 0. The van der Waals surface area contributed by atoms with Gasteiger partial charge in [-0.1, -0.05) is 0 Å². The van der Waals surface area contributed by atoms with Crippen LogP contribution in [0.25, 0.3) is 0 Å². The molecule has 1 saturated heterocycles. The van der Waals surface area contributed by atoms with Crippen molar-refractivity contribution in [3.8, 4) is 0 Å². The third kappa shape index (κ3) is 5.80. The van der Waals surface area contributed by atoms with E-state index in [-0.39, 0.29) is 30.8 Å². The molecule has 0 aromatic rings. The van der Waals surface area contributed by atoms with Crippen molar-refractivity contribution in [2.45, 2.75) is 31.7 Å². The fourth-order valence-electron chi connectivity index (χ4n) is 2.35. The molecule has 1 unspecified atom stereocenters. The number of piperidine rings is 1. The first-order chi connectivity index (χ1) is 9.40. The zero-order valence-corrected chi connectivity index (χ0v) is 14.3. The lowest BCUT2D eigenvalue weighted by Gasteiger charge is -2.38. The van der Waals surface area contributed by atoms with Gasteiger partial charge in [0.15, 0.2) is 0 Å². The van der Waals surface area contributed by atoms with Gasteiger partial charge >= 0.3 is 0 Å². The molecule has 21 heavy (non-hydrogen) atoms. The third-order valence-corrected chi connectivity index (χ3v) is 3.77. The number of methoxy groups -OCH3 is 1. The minimum atomic E-state index is -0.557. The molecule has 1 aliphatic rings. The zero-order chi connectivity index (χ0) is 15.2. The predicted molar refractivity (Wildman–Crippen MR) is 84.7 cm³/mol. The third-order valence-electron chi connectivity index (χ3n) is 3.77. The summed E-state index contributed by atoms with van der Waals surface area (Å²) < 4.78 is 5.05. The quantitative estimate of drug-likeness (QED) is 0.774. The van der Waals surface area contributed by atoms with Crippen molar-refractivity contribution in [3.63, 3.8) is 0 Å². The number of carbonyl (C=O) groups excluding carboxylic acids is 2. The molecule has 0 aromatic carbocycles. The lowest BCUT2D eigenvalue weighted by Crippen LogP contribution is -2.59. The zero-order valence-electron chi connectivity index (χ0n) is 13.5. The van der Waals surface area contributed by atoms with Crippen LogP contribution in [-0.4, -0.2) is 74.6 Å². The van der Waals surface area contributed by atoms with Gasteiger partial charge in [0.05, 0.1) is 18.7 Å². The Bertz CT molecular complexity index is 344. The maximum atomic E-state index is 12.7. The van der Waals surface area contributed by atoms with E-state index in [1.807, 2.05) is 6.92 Å². The van der Waals surface area contributed by atoms with Gasteiger partial charge in [-0.05, 0) is 32.7 Å². The molecule has 1 rings (SSSR count). The number of likely N-dealkylation sites (N-methyl/N-ethyl adjacent to an activating group) is 1. The van der Waals surface area contributed by atoms with Crippen LogP contribution in [0.5, 0.6) is 0 Å². The Labute approximate surface area is 133 Å². The van der Waals surface area contributed by atoms with E-state index in [0.29, 0.717) is 13.2 Å². The molecule has 1 N–H and O–H groups in total. The van der Waals surface area contributed by atoms with Gasteiger partial charge in [0.25, 0.3) is 0 Å². The largest absolute Gasteiger partial charge is 0.383 e. The fraction of sp³-hybridized carbons (Fsp3) is 0.857. The highest BCUT2D eigenvalue weighted by Gasteiger charge is 2.37. The van der Waals surface area contributed by atoms with Gasteiger partial charge in [-0.2, -0.15) is 0 Å². The van der Waals surface area contributed by atoms with E-state index in [4.69, 9.17) is 4.74 Å². The molecule has 0 aliphatic carbocycles. The molecule has 7 heteroatoms. The van der Waals surface area contributed by atoms with Crippen molar-refractivity contribution in [1.82, 2.24) is 15.1 Å². The SMILES string of the molecule is COCCN(CC(=O)N(C)C)C(=O)C1(C)CCCCN1.Cl. The van der Waals surface area contributed by atoms with Gasteiger partial charge in [0.1, 0.15) is 0 Å². The molecule has 6 nitrogen and oxygen atoms in total. The van der Waals surface area contributed by atoms with E-state index in [2.05, 4.69) is 5.32 Å². The Morgan fingerprint density at radius 3 is 2.43 bits per heavy atom. The number of halogens is 1. The van der Waals surface area contributed by atoms with Crippen molar-refractivity contribution in [3.05, 3.63) is 0 Å². The number of nitrogens with one attached hydrogen (secondary N) is 1. The number of nitrogens with zero attached hydrogens (tertiary/aromatic N) is 2. The van der Waals surface area contributed by atoms with Crippen LogP contribution in [0.2, 0.25) is 0 Å². The lowest BCUT2D eigenvalue weighted by atomic mass is 9.89. The Balaban J connectivity index is 0.00000400. The van der Waals surface area contributed by atoms with Crippen LogP contribution >= 0.6 is 12.4 Å². The van der Waals surface area contributed by atoms with Crippen molar-refractivity contribution in [2.24, 2.45) is 0 Å². The summed E-state index contributed by atoms with van der Waals surface area (Å²) in [6, 6.07) is 0. The lowest BCUT2D eigenvalue weighted by molar-refractivity contribution is -0.144. The molecule has 1 fully saturated rings. The summed E-state index contributed by atoms with van der Waals surface area (Å²) in [5.74, 6) is -0.0849. The molecule has 2 amide bonds. The van der Waals surface area contributed by atoms with Crippen LogP contribution in [-0.2, 0) is 14.3 Å². The summed E-state index contributed by atoms with van der Waals surface area (Å²) in [5.41, 5.74) is -0.557. The maximum absolute atomic E-state index is 12.7. The molecule has 1 aliphatic heterocycles. The minimum absolute atomic E-state index is 0. The van der Waals surface area contributed by atoms with Crippen LogP contribution in [0.3, 0.4) is 0 Å². The van der Waals surface area contributed by atoms with Crippen molar-refractivity contribution < 1.29 is 14.3 Å². The maximum Gasteiger partial charge on any atom is 0.243 e. The summed E-state index contributed by atoms with van der Waals surface area (Å²) in [7, 11) is 4.99. The topological polar surface area (TPSA) is 61.9 Å². The first kappa shape index (κ1) is 20.1. The fourth-order valence-corrected chi connectivity index (χ4v) is 2.35. The summed E-state index contributed by atoms with van der Waals surface area (Å²) in [6.45, 7) is 3.75. The van der Waals surface area contributed by atoms with Crippen LogP contribution in [0.4, 0.5) is 0 Å². The second kappa shape index (κ2) is 9.23. The summed E-state index contributed by atoms with van der Waals surface area (Å²) in [6.07, 6.45) is 2.94. The molecular weight excluding hydrogens is 294 g/mol. The first-order valence-corrected chi connectivity index (χ1v) is 7.14. The van der Waals surface area contributed by atoms with Crippen LogP contribution in [0, 0.1) is 0 Å².